The number of nitrogens with one attached hydrogen (secondary N) is 1. The molecule has 1 N–H and O–H groups in total. The molecule has 0 aliphatic rings. The van der Waals surface area contributed by atoms with Crippen LogP contribution in [0.4, 0.5) is 0 Å². The van der Waals surface area contributed by atoms with Gasteiger partial charge in [-0.05, 0) is 24.3 Å². The van der Waals surface area contributed by atoms with E-state index in [0.29, 0.717) is 29.0 Å². The van der Waals surface area contributed by atoms with Gasteiger partial charge in [-0.2, -0.15) is 0 Å². The molecule has 0 aliphatic heterocycles. The van der Waals surface area contributed by atoms with Gasteiger partial charge in [-0.3, -0.25) is 9.19 Å². The van der Waals surface area contributed by atoms with Crippen LogP contribution in [0.5, 0.6) is 5.75 Å². The van der Waals surface area contributed by atoms with Gasteiger partial charge in [0.2, 0.25) is 0 Å². The summed E-state index contributed by atoms with van der Waals surface area (Å²) >= 11 is 6.04. The van der Waals surface area contributed by atoms with E-state index in [1.165, 1.54) is 0 Å². The Hall–Kier alpha value is -1.92. The molecular formula is C15H14ClN3O2S. The van der Waals surface area contributed by atoms with Gasteiger partial charge in [0.1, 0.15) is 11.6 Å². The predicted molar refractivity (Wildman–Crippen MR) is 88.8 cm³/mol. The third-order valence-electron chi connectivity index (χ3n) is 3.11. The number of halogens is 1. The molecule has 0 bridgehead atoms. The number of hydrogen-bond donors (Lipinski definition) is 1. The maximum atomic E-state index is 11.2. The van der Waals surface area contributed by atoms with Gasteiger partial charge in [0.05, 0.1) is 35.2 Å². The number of aromatic amines is 1. The Labute approximate surface area is 135 Å². The molecule has 0 radical (unpaired) electrons. The van der Waals surface area contributed by atoms with Crippen molar-refractivity contribution in [3.63, 3.8) is 0 Å². The summed E-state index contributed by atoms with van der Waals surface area (Å²) in [6.07, 6.45) is 5.07. The molecule has 2 aromatic heterocycles. The van der Waals surface area contributed by atoms with E-state index in [0.717, 1.165) is 16.6 Å². The predicted octanol–water partition coefficient (Wildman–Crippen LogP) is 3.04. The highest BCUT2D eigenvalue weighted by atomic mass is 35.5. The number of fused-ring (bicyclic) bond motifs is 1. The van der Waals surface area contributed by atoms with Crippen LogP contribution in [0.3, 0.4) is 0 Å². The van der Waals surface area contributed by atoms with Crippen molar-refractivity contribution in [1.82, 2.24) is 15.0 Å². The smallest absolute Gasteiger partial charge is 0.142 e. The van der Waals surface area contributed by atoms with Gasteiger partial charge < -0.3 is 9.72 Å². The van der Waals surface area contributed by atoms with E-state index in [-0.39, 0.29) is 0 Å². The van der Waals surface area contributed by atoms with E-state index >= 15 is 0 Å². The van der Waals surface area contributed by atoms with Crippen molar-refractivity contribution >= 4 is 33.4 Å². The van der Waals surface area contributed by atoms with Crippen molar-refractivity contribution in [3.8, 4) is 17.1 Å². The van der Waals surface area contributed by atoms with Gasteiger partial charge in [0.25, 0.3) is 0 Å². The zero-order valence-electron chi connectivity index (χ0n) is 11.9. The van der Waals surface area contributed by atoms with Crippen molar-refractivity contribution in [3.05, 3.63) is 41.7 Å². The third-order valence-corrected chi connectivity index (χ3v) is 4.09. The minimum absolute atomic E-state index is 0.359. The van der Waals surface area contributed by atoms with Gasteiger partial charge in [-0.25, -0.2) is 4.98 Å². The van der Waals surface area contributed by atoms with Gasteiger partial charge in [0, 0.05) is 28.3 Å². The highest BCUT2D eigenvalue weighted by molar-refractivity contribution is 7.84. The third kappa shape index (κ3) is 3.28. The minimum Gasteiger partial charge on any atom is -0.492 e. The molecule has 0 amide bonds. The number of benzene rings is 1. The number of hydrogen-bond acceptors (Lipinski definition) is 4. The highest BCUT2D eigenvalue weighted by Gasteiger charge is 2.12. The summed E-state index contributed by atoms with van der Waals surface area (Å²) in [5.74, 6) is 1.77. The topological polar surface area (TPSA) is 67.9 Å². The first-order valence-corrected chi connectivity index (χ1v) is 8.76. The summed E-state index contributed by atoms with van der Waals surface area (Å²) in [6, 6.07) is 7.21. The Kier molecular flexibility index (Phi) is 4.40. The molecule has 2 heterocycles. The molecule has 1 atom stereocenters. The van der Waals surface area contributed by atoms with Crippen LogP contribution in [-0.2, 0) is 10.8 Å². The Bertz CT molecular complexity index is 802. The maximum Gasteiger partial charge on any atom is 0.142 e. The van der Waals surface area contributed by atoms with Crippen LogP contribution in [0.25, 0.3) is 22.4 Å². The molecule has 22 heavy (non-hydrogen) atoms. The second-order valence-corrected chi connectivity index (χ2v) is 6.74. The number of pyridine rings is 1. The molecule has 5 nitrogen and oxygen atoms in total. The first kappa shape index (κ1) is 15.0. The molecule has 1 aromatic carbocycles. The summed E-state index contributed by atoms with van der Waals surface area (Å²) < 4.78 is 16.9. The lowest BCUT2D eigenvalue weighted by Gasteiger charge is -2.10. The zero-order valence-corrected chi connectivity index (χ0v) is 13.4. The van der Waals surface area contributed by atoms with E-state index in [9.17, 15) is 4.21 Å². The summed E-state index contributed by atoms with van der Waals surface area (Å²) in [4.78, 5) is 11.8. The number of rotatable bonds is 5. The average molecular weight is 336 g/mol. The molecule has 0 aliphatic carbocycles. The normalized spacial score (nSPS) is 12.5. The average Bonchev–Trinajstić information content (AvgIpc) is 2.90. The lowest BCUT2D eigenvalue weighted by Crippen LogP contribution is -2.07. The quantitative estimate of drug-likeness (QED) is 0.778. The minimum atomic E-state index is -0.898. The van der Waals surface area contributed by atoms with Crippen molar-refractivity contribution in [2.75, 3.05) is 18.6 Å². The fraction of sp³-hybridized carbons (Fsp3) is 0.200. The van der Waals surface area contributed by atoms with Crippen LogP contribution in [0, 0.1) is 0 Å². The summed E-state index contributed by atoms with van der Waals surface area (Å²) in [6.45, 7) is 0.359. The van der Waals surface area contributed by atoms with Crippen LogP contribution in [0.1, 0.15) is 0 Å². The molecular weight excluding hydrogens is 322 g/mol. The largest absolute Gasteiger partial charge is 0.492 e. The molecule has 7 heteroatoms. The lowest BCUT2D eigenvalue weighted by molar-refractivity contribution is 0.344. The number of H-pyrrole nitrogens is 1. The molecule has 3 rings (SSSR count). The summed E-state index contributed by atoms with van der Waals surface area (Å²) in [5.41, 5.74) is 2.50. The standard InChI is InChI=1S/C15H14ClN3O2S/c1-22(20)7-6-21-14-8-10(16)2-3-11(14)15-18-12-4-5-17-9-13(12)19-15/h2-5,8-9H,6-7H2,1H3,(H,18,19). The van der Waals surface area contributed by atoms with Crippen LogP contribution in [0.2, 0.25) is 5.02 Å². The fourth-order valence-electron chi connectivity index (χ4n) is 2.06. The second-order valence-electron chi connectivity index (χ2n) is 4.74. The van der Waals surface area contributed by atoms with Crippen LogP contribution in [-0.4, -0.2) is 37.8 Å². The first-order valence-electron chi connectivity index (χ1n) is 6.66. The molecule has 0 saturated heterocycles. The van der Waals surface area contributed by atoms with Gasteiger partial charge in [-0.1, -0.05) is 11.6 Å². The van der Waals surface area contributed by atoms with Crippen LogP contribution < -0.4 is 4.74 Å². The Morgan fingerprint density at radius 2 is 2.23 bits per heavy atom. The number of nitrogens with zero attached hydrogens (tertiary/aromatic N) is 2. The van der Waals surface area contributed by atoms with Crippen molar-refractivity contribution < 1.29 is 8.95 Å². The Balaban J connectivity index is 1.96. The second kappa shape index (κ2) is 6.46. The molecule has 114 valence electrons. The van der Waals surface area contributed by atoms with E-state index < -0.39 is 10.8 Å². The number of ether oxygens (including phenoxy) is 1. The van der Waals surface area contributed by atoms with E-state index in [4.69, 9.17) is 16.3 Å². The van der Waals surface area contributed by atoms with Crippen molar-refractivity contribution in [1.29, 1.82) is 0 Å². The van der Waals surface area contributed by atoms with E-state index in [1.807, 2.05) is 12.1 Å². The Morgan fingerprint density at radius 3 is 3.00 bits per heavy atom. The molecule has 1 unspecified atom stereocenters. The molecule has 0 fully saturated rings. The van der Waals surface area contributed by atoms with Gasteiger partial charge in [0.15, 0.2) is 0 Å². The first-order chi connectivity index (χ1) is 10.6. The van der Waals surface area contributed by atoms with Crippen molar-refractivity contribution in [2.24, 2.45) is 0 Å². The number of aromatic nitrogens is 3. The highest BCUT2D eigenvalue weighted by Crippen LogP contribution is 2.32. The van der Waals surface area contributed by atoms with Crippen molar-refractivity contribution in [2.45, 2.75) is 0 Å². The monoisotopic (exact) mass is 335 g/mol. The maximum absolute atomic E-state index is 11.2. The van der Waals surface area contributed by atoms with E-state index in [2.05, 4.69) is 15.0 Å². The molecule has 0 saturated carbocycles. The zero-order chi connectivity index (χ0) is 15.5. The summed E-state index contributed by atoms with van der Waals surface area (Å²) in [5, 5.41) is 0.578. The van der Waals surface area contributed by atoms with Crippen LogP contribution in [0.15, 0.2) is 36.7 Å². The van der Waals surface area contributed by atoms with Gasteiger partial charge in [-0.15, -0.1) is 0 Å². The Morgan fingerprint density at radius 1 is 1.36 bits per heavy atom. The van der Waals surface area contributed by atoms with Gasteiger partial charge >= 0.3 is 0 Å². The van der Waals surface area contributed by atoms with E-state index in [1.54, 1.807) is 30.8 Å². The molecule has 3 aromatic rings. The fourth-order valence-corrected chi connectivity index (χ4v) is 2.54. The molecule has 0 spiro atoms. The number of imidazole rings is 1. The van der Waals surface area contributed by atoms with Crippen LogP contribution >= 0.6 is 11.6 Å². The SMILES string of the molecule is CS(=O)CCOc1cc(Cl)ccc1-c1nc2ccncc2[nH]1. The lowest BCUT2D eigenvalue weighted by atomic mass is 10.2. The summed E-state index contributed by atoms with van der Waals surface area (Å²) in [7, 11) is -0.898.